The number of hydrogen-bond donors (Lipinski definition) is 0. The Morgan fingerprint density at radius 3 is 2.19 bits per heavy atom. The molecule has 4 nitrogen and oxygen atoms in total. The van der Waals surface area contributed by atoms with Gasteiger partial charge in [-0.05, 0) is 30.9 Å². The predicted molar refractivity (Wildman–Crippen MR) is 109 cm³/mol. The van der Waals surface area contributed by atoms with Gasteiger partial charge in [0.2, 0.25) is 0 Å². The van der Waals surface area contributed by atoms with Gasteiger partial charge in [0.25, 0.3) is 0 Å². The van der Waals surface area contributed by atoms with Crippen LogP contribution in [0.25, 0.3) is 0 Å². The number of carbonyl (C=O) groups excluding carboxylic acids is 2. The molecule has 0 fully saturated rings. The predicted octanol–water partition coefficient (Wildman–Crippen LogP) is 6.01. The van der Waals surface area contributed by atoms with Crippen LogP contribution in [-0.4, -0.2) is 18.5 Å². The van der Waals surface area contributed by atoms with Crippen molar-refractivity contribution in [1.82, 2.24) is 0 Å². The van der Waals surface area contributed by atoms with E-state index in [0.717, 1.165) is 31.2 Å². The zero-order chi connectivity index (χ0) is 19.7. The van der Waals surface area contributed by atoms with Crippen molar-refractivity contribution < 1.29 is 19.1 Å². The van der Waals surface area contributed by atoms with E-state index in [-0.39, 0.29) is 24.8 Å². The van der Waals surface area contributed by atoms with Crippen molar-refractivity contribution in [2.75, 3.05) is 6.61 Å². The summed E-state index contributed by atoms with van der Waals surface area (Å²) in [5.74, 6) is 0.115. The Bertz CT molecular complexity index is 539. The minimum absolute atomic E-state index is 0.222. The molecule has 4 heteroatoms. The van der Waals surface area contributed by atoms with Crippen LogP contribution in [0.15, 0.2) is 24.3 Å². The topological polar surface area (TPSA) is 52.6 Å². The summed E-state index contributed by atoms with van der Waals surface area (Å²) in [5.41, 5.74) is 1.04. The summed E-state index contributed by atoms with van der Waals surface area (Å²) in [4.78, 5) is 23.7. The molecule has 0 aliphatic heterocycles. The van der Waals surface area contributed by atoms with Crippen molar-refractivity contribution in [3.05, 3.63) is 29.8 Å². The Balaban J connectivity index is 2.09. The second kappa shape index (κ2) is 15.2. The lowest BCUT2D eigenvalue weighted by Gasteiger charge is -2.09. The van der Waals surface area contributed by atoms with Gasteiger partial charge in [-0.25, -0.2) is 0 Å². The highest BCUT2D eigenvalue weighted by Crippen LogP contribution is 2.20. The molecule has 0 spiro atoms. The first kappa shape index (κ1) is 23.2. The quantitative estimate of drug-likeness (QED) is 0.214. The number of benzene rings is 1. The molecule has 0 aliphatic rings. The number of hydrogen-bond acceptors (Lipinski definition) is 4. The van der Waals surface area contributed by atoms with Crippen LogP contribution in [0.1, 0.15) is 90.0 Å². The summed E-state index contributed by atoms with van der Waals surface area (Å²) in [7, 11) is 0. The zero-order valence-electron chi connectivity index (χ0n) is 17.1. The van der Waals surface area contributed by atoms with Gasteiger partial charge < -0.3 is 9.47 Å². The van der Waals surface area contributed by atoms with Gasteiger partial charge in [-0.15, -0.1) is 0 Å². The first-order chi connectivity index (χ1) is 13.2. The molecule has 1 rings (SSSR count). The van der Waals surface area contributed by atoms with E-state index < -0.39 is 0 Å². The molecule has 152 valence electrons. The smallest absolute Gasteiger partial charge is 0.311 e. The second-order valence-corrected chi connectivity index (χ2v) is 7.03. The van der Waals surface area contributed by atoms with Crippen LogP contribution in [0.2, 0.25) is 0 Å². The van der Waals surface area contributed by atoms with Crippen LogP contribution in [0.5, 0.6) is 5.75 Å². The van der Waals surface area contributed by atoms with Gasteiger partial charge in [0, 0.05) is 12.8 Å². The monoisotopic (exact) mass is 376 g/mol. The van der Waals surface area contributed by atoms with E-state index in [4.69, 9.17) is 9.47 Å². The van der Waals surface area contributed by atoms with Crippen molar-refractivity contribution in [3.63, 3.8) is 0 Å². The van der Waals surface area contributed by atoms with E-state index in [1.807, 2.05) is 24.3 Å². The van der Waals surface area contributed by atoms with Crippen molar-refractivity contribution in [2.24, 2.45) is 0 Å². The third-order valence-electron chi connectivity index (χ3n) is 4.49. The highest BCUT2D eigenvalue weighted by Gasteiger charge is 2.10. The molecular formula is C23H36O4. The molecule has 0 heterocycles. The molecule has 0 radical (unpaired) electrons. The first-order valence-electron chi connectivity index (χ1n) is 10.6. The number of esters is 2. The highest BCUT2D eigenvalue weighted by atomic mass is 16.5. The van der Waals surface area contributed by atoms with Crippen molar-refractivity contribution >= 4 is 11.9 Å². The fourth-order valence-corrected chi connectivity index (χ4v) is 2.95. The van der Waals surface area contributed by atoms with Crippen molar-refractivity contribution in [1.29, 1.82) is 0 Å². The molecule has 0 saturated carbocycles. The molecule has 0 aliphatic carbocycles. The molecule has 0 amide bonds. The summed E-state index contributed by atoms with van der Waals surface area (Å²) >= 11 is 0. The van der Waals surface area contributed by atoms with Gasteiger partial charge in [0.15, 0.2) is 0 Å². The van der Waals surface area contributed by atoms with Crippen LogP contribution >= 0.6 is 0 Å². The molecule has 0 aromatic heterocycles. The van der Waals surface area contributed by atoms with Gasteiger partial charge in [0.1, 0.15) is 5.75 Å². The number of unbranched alkanes of at least 4 members (excludes halogenated alkanes) is 6. The fourth-order valence-electron chi connectivity index (χ4n) is 2.95. The molecule has 0 atom stereocenters. The molecule has 0 bridgehead atoms. The van der Waals surface area contributed by atoms with Gasteiger partial charge in [-0.2, -0.15) is 0 Å². The van der Waals surface area contributed by atoms with Crippen LogP contribution in [0, 0.1) is 0 Å². The van der Waals surface area contributed by atoms with Gasteiger partial charge in [-0.1, -0.05) is 77.0 Å². The van der Waals surface area contributed by atoms with Crippen molar-refractivity contribution in [3.8, 4) is 5.75 Å². The van der Waals surface area contributed by atoms with Crippen molar-refractivity contribution in [2.45, 2.75) is 90.9 Å². The maximum Gasteiger partial charge on any atom is 0.311 e. The highest BCUT2D eigenvalue weighted by molar-refractivity contribution is 5.74. The number of carbonyl (C=O) groups is 2. The molecule has 1 aromatic carbocycles. The molecule has 1 aromatic rings. The molecule has 0 unspecified atom stereocenters. The van der Waals surface area contributed by atoms with Crippen LogP contribution in [0.3, 0.4) is 0 Å². The Morgan fingerprint density at radius 2 is 1.44 bits per heavy atom. The lowest BCUT2D eigenvalue weighted by Crippen LogP contribution is -2.11. The standard InChI is InChI=1S/C23H36O4/c1-3-5-6-7-8-9-12-19-26-22(24)17-13-18-23(25)27-21-16-11-10-15-20(21)14-4-2/h10-11,15-16H,3-9,12-14,17-19H2,1-2H3. The second-order valence-electron chi connectivity index (χ2n) is 7.03. The van der Waals surface area contributed by atoms with E-state index in [0.29, 0.717) is 18.8 Å². The van der Waals surface area contributed by atoms with Crippen LogP contribution < -0.4 is 4.74 Å². The first-order valence-corrected chi connectivity index (χ1v) is 10.6. The lowest BCUT2D eigenvalue weighted by molar-refractivity contribution is -0.144. The van der Waals surface area contributed by atoms with Gasteiger partial charge >= 0.3 is 11.9 Å². The van der Waals surface area contributed by atoms with E-state index >= 15 is 0 Å². The van der Waals surface area contributed by atoms with E-state index in [9.17, 15) is 9.59 Å². The van der Waals surface area contributed by atoms with Gasteiger partial charge in [-0.3, -0.25) is 9.59 Å². The summed E-state index contributed by atoms with van der Waals surface area (Å²) < 4.78 is 10.7. The Hall–Kier alpha value is -1.84. The van der Waals surface area contributed by atoms with E-state index in [1.165, 1.54) is 32.1 Å². The Morgan fingerprint density at radius 1 is 0.778 bits per heavy atom. The van der Waals surface area contributed by atoms with E-state index in [2.05, 4.69) is 13.8 Å². The summed E-state index contributed by atoms with van der Waals surface area (Å²) in [6.45, 7) is 4.79. The minimum atomic E-state index is -0.293. The fraction of sp³-hybridized carbons (Fsp3) is 0.652. The number of rotatable bonds is 15. The number of aryl methyl sites for hydroxylation is 1. The summed E-state index contributed by atoms with van der Waals surface area (Å²) in [6.07, 6.45) is 11.2. The van der Waals surface area contributed by atoms with E-state index in [1.54, 1.807) is 0 Å². The molecular weight excluding hydrogens is 340 g/mol. The van der Waals surface area contributed by atoms with Crippen LogP contribution in [0.4, 0.5) is 0 Å². The lowest BCUT2D eigenvalue weighted by atomic mass is 10.1. The van der Waals surface area contributed by atoms with Gasteiger partial charge in [0.05, 0.1) is 6.61 Å². The maximum absolute atomic E-state index is 12.0. The maximum atomic E-state index is 12.0. The Kier molecular flexibility index (Phi) is 13.1. The van der Waals surface area contributed by atoms with Crippen LogP contribution in [-0.2, 0) is 20.7 Å². The SMILES string of the molecule is CCCCCCCCCOC(=O)CCCC(=O)Oc1ccccc1CCC. The number of para-hydroxylation sites is 1. The third-order valence-corrected chi connectivity index (χ3v) is 4.49. The molecule has 27 heavy (non-hydrogen) atoms. The average Bonchev–Trinajstić information content (AvgIpc) is 2.65. The number of ether oxygens (including phenoxy) is 2. The third kappa shape index (κ3) is 11.5. The largest absolute Gasteiger partial charge is 0.466 e. The zero-order valence-corrected chi connectivity index (χ0v) is 17.1. The Labute approximate surface area is 164 Å². The molecule has 0 saturated heterocycles. The molecule has 0 N–H and O–H groups in total. The summed E-state index contributed by atoms with van der Waals surface area (Å²) in [5, 5.41) is 0. The normalized spacial score (nSPS) is 10.6. The summed E-state index contributed by atoms with van der Waals surface area (Å²) in [6, 6.07) is 7.61. The average molecular weight is 377 g/mol. The minimum Gasteiger partial charge on any atom is -0.466 e.